The number of rotatable bonds is 3. The highest BCUT2D eigenvalue weighted by atomic mass is 35.5. The lowest BCUT2D eigenvalue weighted by Crippen LogP contribution is -2.56. The van der Waals surface area contributed by atoms with Gasteiger partial charge in [0, 0.05) is 7.05 Å². The zero-order valence-corrected chi connectivity index (χ0v) is 15.0. The van der Waals surface area contributed by atoms with Crippen molar-refractivity contribution in [1.29, 1.82) is 0 Å². The van der Waals surface area contributed by atoms with Crippen molar-refractivity contribution in [2.45, 2.75) is 44.7 Å². The molecule has 0 saturated carbocycles. The number of fused-ring (bicyclic) bond motifs is 1. The van der Waals surface area contributed by atoms with Gasteiger partial charge in [0.05, 0.1) is 11.2 Å². The van der Waals surface area contributed by atoms with Gasteiger partial charge in [-0.05, 0) is 51.9 Å². The second-order valence-corrected chi connectivity index (χ2v) is 6.88. The summed E-state index contributed by atoms with van der Waals surface area (Å²) in [6, 6.07) is 4.93. The molecule has 24 heavy (non-hydrogen) atoms. The molecule has 6 nitrogen and oxygen atoms in total. The summed E-state index contributed by atoms with van der Waals surface area (Å²) in [5.74, 6) is 1.14. The molecule has 0 radical (unpaired) electrons. The molecule has 1 fully saturated rings. The Morgan fingerprint density at radius 3 is 2.92 bits per heavy atom. The third kappa shape index (κ3) is 3.39. The number of piperidine rings is 1. The smallest absolute Gasteiger partial charge is 0.318 e. The van der Waals surface area contributed by atoms with Gasteiger partial charge in [-0.2, -0.15) is 0 Å². The van der Waals surface area contributed by atoms with Crippen molar-refractivity contribution >= 4 is 17.6 Å². The van der Waals surface area contributed by atoms with Gasteiger partial charge in [-0.25, -0.2) is 4.79 Å². The number of ether oxygens (including phenoxy) is 2. The van der Waals surface area contributed by atoms with Gasteiger partial charge in [-0.15, -0.1) is 0 Å². The normalized spacial score (nSPS) is 24.5. The number of amides is 2. The van der Waals surface area contributed by atoms with Gasteiger partial charge in [0.15, 0.2) is 11.5 Å². The fourth-order valence-electron chi connectivity index (χ4n) is 3.21. The van der Waals surface area contributed by atoms with Crippen molar-refractivity contribution in [3.05, 3.63) is 23.2 Å². The van der Waals surface area contributed by atoms with Crippen LogP contribution in [0.15, 0.2) is 18.2 Å². The van der Waals surface area contributed by atoms with E-state index in [0.29, 0.717) is 16.5 Å². The number of carbonyl (C=O) groups is 1. The van der Waals surface area contributed by atoms with Crippen LogP contribution >= 0.6 is 11.6 Å². The van der Waals surface area contributed by atoms with Gasteiger partial charge in [0.25, 0.3) is 6.29 Å². The van der Waals surface area contributed by atoms with Gasteiger partial charge in [0.1, 0.15) is 6.04 Å². The first-order chi connectivity index (χ1) is 11.5. The van der Waals surface area contributed by atoms with Crippen molar-refractivity contribution < 1.29 is 14.3 Å². The van der Waals surface area contributed by atoms with E-state index in [-0.39, 0.29) is 18.2 Å². The van der Waals surface area contributed by atoms with Crippen LogP contribution in [0.5, 0.6) is 11.5 Å². The van der Waals surface area contributed by atoms with Crippen LogP contribution in [0, 0.1) is 0 Å². The lowest BCUT2D eigenvalue weighted by molar-refractivity contribution is 0.0174. The number of benzene rings is 1. The predicted octanol–water partition coefficient (Wildman–Crippen LogP) is 2.91. The number of carbonyl (C=O) groups excluding carboxylic acids is 1. The zero-order chi connectivity index (χ0) is 17.3. The molecule has 0 aromatic heterocycles. The predicted molar refractivity (Wildman–Crippen MR) is 92.5 cm³/mol. The molecule has 3 atom stereocenters. The van der Waals surface area contributed by atoms with Gasteiger partial charge in [-0.1, -0.05) is 17.7 Å². The summed E-state index contributed by atoms with van der Waals surface area (Å²) >= 11 is 6.11. The Kier molecular flexibility index (Phi) is 5.06. The minimum atomic E-state index is -0.582. The number of urea groups is 1. The van der Waals surface area contributed by atoms with E-state index in [9.17, 15) is 4.79 Å². The Morgan fingerprint density at radius 2 is 2.21 bits per heavy atom. The molecule has 1 N–H and O–H groups in total. The first-order valence-electron chi connectivity index (χ1n) is 8.33. The number of likely N-dealkylation sites (tertiary alicyclic amines) is 1. The Hall–Kier alpha value is -1.66. The highest BCUT2D eigenvalue weighted by Crippen LogP contribution is 2.41. The molecular weight excluding hydrogens is 330 g/mol. The van der Waals surface area contributed by atoms with Crippen molar-refractivity contribution in [3.8, 4) is 11.5 Å². The molecule has 1 aromatic rings. The van der Waals surface area contributed by atoms with Crippen LogP contribution in [0.3, 0.4) is 0 Å². The number of nitrogens with zero attached hydrogens (tertiary/aromatic N) is 2. The molecule has 1 aromatic carbocycles. The summed E-state index contributed by atoms with van der Waals surface area (Å²) in [5.41, 5.74) is 0. The molecule has 2 amide bonds. The number of halogens is 1. The van der Waals surface area contributed by atoms with Crippen LogP contribution in [0.1, 0.15) is 26.2 Å². The van der Waals surface area contributed by atoms with Crippen molar-refractivity contribution in [2.24, 2.45) is 0 Å². The molecule has 0 bridgehead atoms. The second kappa shape index (κ2) is 7.07. The van der Waals surface area contributed by atoms with Gasteiger partial charge in [0.2, 0.25) is 0 Å². The van der Waals surface area contributed by atoms with Crippen LogP contribution in [0.25, 0.3) is 0 Å². The third-order valence-corrected chi connectivity index (χ3v) is 4.96. The van der Waals surface area contributed by atoms with E-state index < -0.39 is 6.29 Å². The second-order valence-electron chi connectivity index (χ2n) is 6.48. The fraction of sp³-hybridized carbons (Fsp3) is 0.588. The number of nitrogens with one attached hydrogen (secondary N) is 1. The molecular formula is C17H24ClN3O3. The third-order valence-electron chi connectivity index (χ3n) is 4.67. The van der Waals surface area contributed by atoms with Crippen LogP contribution in [0.2, 0.25) is 5.02 Å². The van der Waals surface area contributed by atoms with Crippen molar-refractivity contribution in [3.63, 3.8) is 0 Å². The Bertz CT molecular complexity index is 613. The number of hydrogen-bond acceptors (Lipinski definition) is 4. The quantitative estimate of drug-likeness (QED) is 0.907. The van der Waals surface area contributed by atoms with E-state index >= 15 is 0 Å². The molecule has 3 rings (SSSR count). The highest BCUT2D eigenvalue weighted by Gasteiger charge is 2.33. The standard InChI is InChI=1S/C17H24ClN3O3/c1-11(16-23-13-8-6-7-12(18)15(13)24-16)19-17(22)21(3)14-9-4-5-10-20(14)2/h6-8,11,14,16H,4-5,9-10H2,1-3H3,(H,19,22). The van der Waals surface area contributed by atoms with Crippen LogP contribution in [-0.4, -0.2) is 55.0 Å². The average Bonchev–Trinajstić information content (AvgIpc) is 3.00. The lowest BCUT2D eigenvalue weighted by atomic mass is 10.1. The largest absolute Gasteiger partial charge is 0.449 e. The zero-order valence-electron chi connectivity index (χ0n) is 14.3. The van der Waals surface area contributed by atoms with Crippen molar-refractivity contribution in [2.75, 3.05) is 20.6 Å². The average molecular weight is 354 g/mol. The Morgan fingerprint density at radius 1 is 1.42 bits per heavy atom. The van der Waals surface area contributed by atoms with Gasteiger partial charge < -0.3 is 19.7 Å². The molecule has 0 spiro atoms. The van der Waals surface area contributed by atoms with Crippen molar-refractivity contribution in [1.82, 2.24) is 15.1 Å². The topological polar surface area (TPSA) is 54.0 Å². The summed E-state index contributed by atoms with van der Waals surface area (Å²) in [7, 11) is 3.88. The molecule has 1 saturated heterocycles. The molecule has 2 aliphatic rings. The highest BCUT2D eigenvalue weighted by molar-refractivity contribution is 6.32. The minimum absolute atomic E-state index is 0.128. The van der Waals surface area contributed by atoms with E-state index in [1.54, 1.807) is 17.0 Å². The van der Waals surface area contributed by atoms with Gasteiger partial charge >= 0.3 is 6.03 Å². The maximum absolute atomic E-state index is 12.5. The summed E-state index contributed by atoms with van der Waals surface area (Å²) < 4.78 is 11.5. The number of para-hydroxylation sites is 1. The summed E-state index contributed by atoms with van der Waals surface area (Å²) in [5, 5.41) is 3.47. The Balaban J connectivity index is 1.58. The van der Waals surface area contributed by atoms with E-state index in [1.165, 1.54) is 6.42 Å². The maximum Gasteiger partial charge on any atom is 0.318 e. The number of hydrogen-bond donors (Lipinski definition) is 1. The minimum Gasteiger partial charge on any atom is -0.449 e. The maximum atomic E-state index is 12.5. The van der Waals surface area contributed by atoms with Crippen LogP contribution in [0.4, 0.5) is 4.79 Å². The first-order valence-corrected chi connectivity index (χ1v) is 8.70. The Labute approximate surface area is 147 Å². The first kappa shape index (κ1) is 17.2. The fourth-order valence-corrected chi connectivity index (χ4v) is 3.42. The molecule has 0 aliphatic carbocycles. The van der Waals surface area contributed by atoms with E-state index in [1.807, 2.05) is 20.0 Å². The SMILES string of the molecule is CC(NC(=O)N(C)C1CCCCN1C)C1Oc2cccc(Cl)c2O1. The van der Waals surface area contributed by atoms with Crippen LogP contribution in [-0.2, 0) is 0 Å². The van der Waals surface area contributed by atoms with E-state index in [4.69, 9.17) is 21.1 Å². The summed E-state index contributed by atoms with van der Waals surface area (Å²) in [6.45, 7) is 2.88. The molecule has 7 heteroatoms. The van der Waals surface area contributed by atoms with E-state index in [0.717, 1.165) is 19.4 Å². The molecule has 132 valence electrons. The molecule has 3 unspecified atom stereocenters. The molecule has 2 aliphatic heterocycles. The van der Waals surface area contributed by atoms with Crippen LogP contribution < -0.4 is 14.8 Å². The molecule has 2 heterocycles. The summed E-state index contributed by atoms with van der Waals surface area (Å²) in [4.78, 5) is 16.5. The lowest BCUT2D eigenvalue weighted by Gasteiger charge is -2.39. The van der Waals surface area contributed by atoms with Gasteiger partial charge in [-0.3, -0.25) is 4.90 Å². The monoisotopic (exact) mass is 353 g/mol. The van der Waals surface area contributed by atoms with E-state index in [2.05, 4.69) is 17.3 Å². The summed E-state index contributed by atoms with van der Waals surface area (Å²) in [6.07, 6.45) is 2.86.